The van der Waals surface area contributed by atoms with Gasteiger partial charge in [-0.1, -0.05) is 39.3 Å². The molecule has 2 aliphatic carbocycles. The van der Waals surface area contributed by atoms with Crippen LogP contribution >= 0.6 is 0 Å². The number of benzene rings is 1. The molecule has 0 heterocycles. The van der Waals surface area contributed by atoms with Crippen LogP contribution < -0.4 is 0 Å². The van der Waals surface area contributed by atoms with Crippen LogP contribution in [0.25, 0.3) is 0 Å². The lowest BCUT2D eigenvalue weighted by Gasteiger charge is -2.53. The molecular weight excluding hydrogens is 352 g/mol. The van der Waals surface area contributed by atoms with Gasteiger partial charge in [0.05, 0.1) is 5.41 Å². The molecule has 0 saturated heterocycles. The minimum Gasteiger partial charge on any atom is -0.481 e. The lowest BCUT2D eigenvalue weighted by Crippen LogP contribution is -2.52. The Morgan fingerprint density at radius 2 is 1.89 bits per heavy atom. The van der Waals surface area contributed by atoms with E-state index in [1.165, 1.54) is 22.3 Å². The van der Waals surface area contributed by atoms with Crippen molar-refractivity contribution in [1.29, 1.82) is 0 Å². The molecule has 28 heavy (non-hydrogen) atoms. The Bertz CT molecular complexity index is 781. The predicted octanol–water partition coefficient (Wildman–Crippen LogP) is 5.31. The first-order valence-corrected chi connectivity index (χ1v) is 10.7. The Labute approximate surface area is 168 Å². The van der Waals surface area contributed by atoms with Crippen LogP contribution in [0.4, 0.5) is 0 Å². The highest BCUT2D eigenvalue weighted by atomic mass is 16.4. The quantitative estimate of drug-likeness (QED) is 0.694. The smallest absolute Gasteiger partial charge is 0.309 e. The largest absolute Gasteiger partial charge is 0.481 e. The number of fused-ring (bicyclic) bond motifs is 3. The fraction of sp³-hybridized carbons (Fsp3) is 0.667. The van der Waals surface area contributed by atoms with Gasteiger partial charge in [-0.2, -0.15) is 0 Å². The number of carboxylic acid groups (broad SMARTS) is 2. The predicted molar refractivity (Wildman–Crippen MR) is 110 cm³/mol. The molecule has 3 rings (SSSR count). The van der Waals surface area contributed by atoms with E-state index >= 15 is 0 Å². The van der Waals surface area contributed by atoms with E-state index in [0.29, 0.717) is 12.3 Å². The SMILES string of the molecule is CC(C)c1cc2c(cc1CCCC(=O)O)C1(C)CCCC(C)(C(=O)O)C1CC2. The van der Waals surface area contributed by atoms with Gasteiger partial charge in [0.2, 0.25) is 0 Å². The molecule has 1 fully saturated rings. The van der Waals surface area contributed by atoms with E-state index in [4.69, 9.17) is 5.11 Å². The molecule has 2 N–H and O–H groups in total. The fourth-order valence-electron chi connectivity index (χ4n) is 6.02. The topological polar surface area (TPSA) is 74.6 Å². The Hall–Kier alpha value is -1.84. The summed E-state index contributed by atoms with van der Waals surface area (Å²) in [6.45, 7) is 8.60. The van der Waals surface area contributed by atoms with Gasteiger partial charge in [-0.3, -0.25) is 9.59 Å². The molecule has 2 aliphatic rings. The van der Waals surface area contributed by atoms with E-state index in [-0.39, 0.29) is 17.8 Å². The van der Waals surface area contributed by atoms with Crippen molar-refractivity contribution in [2.75, 3.05) is 0 Å². The minimum atomic E-state index is -0.749. The number of rotatable bonds is 6. The van der Waals surface area contributed by atoms with Crippen molar-refractivity contribution in [2.45, 2.75) is 90.4 Å². The third kappa shape index (κ3) is 3.46. The molecule has 0 aliphatic heterocycles. The van der Waals surface area contributed by atoms with Crippen LogP contribution in [0.15, 0.2) is 12.1 Å². The van der Waals surface area contributed by atoms with Gasteiger partial charge < -0.3 is 10.2 Å². The van der Waals surface area contributed by atoms with Gasteiger partial charge in [0.1, 0.15) is 0 Å². The van der Waals surface area contributed by atoms with Gasteiger partial charge in [-0.05, 0) is 85.0 Å². The first-order valence-electron chi connectivity index (χ1n) is 10.7. The van der Waals surface area contributed by atoms with Crippen LogP contribution in [0, 0.1) is 11.3 Å². The maximum Gasteiger partial charge on any atom is 0.309 e. The zero-order valence-electron chi connectivity index (χ0n) is 17.7. The van der Waals surface area contributed by atoms with E-state index < -0.39 is 17.4 Å². The van der Waals surface area contributed by atoms with Gasteiger partial charge in [0, 0.05) is 6.42 Å². The summed E-state index contributed by atoms with van der Waals surface area (Å²) in [5.41, 5.74) is 4.49. The molecule has 1 aromatic carbocycles. The van der Waals surface area contributed by atoms with Gasteiger partial charge in [0.25, 0.3) is 0 Å². The lowest BCUT2D eigenvalue weighted by molar-refractivity contribution is -0.157. The van der Waals surface area contributed by atoms with Crippen LogP contribution in [-0.4, -0.2) is 22.2 Å². The number of hydrogen-bond acceptors (Lipinski definition) is 2. The highest BCUT2D eigenvalue weighted by Crippen LogP contribution is 2.57. The molecular formula is C24H34O4. The monoisotopic (exact) mass is 386 g/mol. The molecule has 3 unspecified atom stereocenters. The maximum atomic E-state index is 12.1. The molecule has 4 heteroatoms. The molecule has 1 saturated carbocycles. The zero-order chi connectivity index (χ0) is 20.7. The summed E-state index contributed by atoms with van der Waals surface area (Å²) >= 11 is 0. The molecule has 0 amide bonds. The maximum absolute atomic E-state index is 12.1. The highest BCUT2D eigenvalue weighted by Gasteiger charge is 2.55. The normalized spacial score (nSPS) is 29.2. The van der Waals surface area contributed by atoms with Gasteiger partial charge in [-0.25, -0.2) is 0 Å². The Morgan fingerprint density at radius 1 is 1.18 bits per heavy atom. The second kappa shape index (κ2) is 7.53. The molecule has 1 aromatic rings. The standard InChI is InChI=1S/C24H34O4/c1-15(2)18-13-17-9-10-20-23(3,11-6-12-24(20,4)22(27)28)19(17)14-16(18)7-5-8-21(25)26/h13-15,20H,5-12H2,1-4H3,(H,25,26)(H,27,28). The third-order valence-corrected chi connectivity index (χ3v) is 7.56. The number of aryl methyl sites for hydroxylation is 2. The molecule has 154 valence electrons. The molecule has 0 spiro atoms. The minimum absolute atomic E-state index is 0.115. The molecule has 0 aromatic heterocycles. The molecule has 3 atom stereocenters. The number of carboxylic acids is 2. The van der Waals surface area contributed by atoms with Crippen molar-refractivity contribution in [3.63, 3.8) is 0 Å². The van der Waals surface area contributed by atoms with Crippen LogP contribution in [0.5, 0.6) is 0 Å². The second-order valence-electron chi connectivity index (χ2n) is 9.70. The molecule has 0 radical (unpaired) electrons. The van der Waals surface area contributed by atoms with E-state index in [1.807, 2.05) is 6.92 Å². The summed E-state index contributed by atoms with van der Waals surface area (Å²) < 4.78 is 0. The van der Waals surface area contributed by atoms with Crippen molar-refractivity contribution in [3.05, 3.63) is 34.4 Å². The summed E-state index contributed by atoms with van der Waals surface area (Å²) in [5.74, 6) is -0.866. The summed E-state index contributed by atoms with van der Waals surface area (Å²) in [4.78, 5) is 23.1. The Balaban J connectivity index is 2.04. The van der Waals surface area contributed by atoms with Crippen molar-refractivity contribution >= 4 is 11.9 Å². The summed E-state index contributed by atoms with van der Waals surface area (Å²) in [6.07, 6.45) is 6.19. The number of carbonyl (C=O) groups is 2. The van der Waals surface area contributed by atoms with Crippen molar-refractivity contribution in [3.8, 4) is 0 Å². The van der Waals surface area contributed by atoms with Crippen LogP contribution in [0.2, 0.25) is 0 Å². The molecule has 4 nitrogen and oxygen atoms in total. The van der Waals surface area contributed by atoms with Crippen molar-refractivity contribution in [1.82, 2.24) is 0 Å². The van der Waals surface area contributed by atoms with Crippen molar-refractivity contribution < 1.29 is 19.8 Å². The van der Waals surface area contributed by atoms with E-state index in [0.717, 1.165) is 38.5 Å². The van der Waals surface area contributed by atoms with Gasteiger partial charge >= 0.3 is 11.9 Å². The van der Waals surface area contributed by atoms with Crippen LogP contribution in [0.1, 0.15) is 94.4 Å². The zero-order valence-corrected chi connectivity index (χ0v) is 17.7. The second-order valence-corrected chi connectivity index (χ2v) is 9.70. The molecule has 0 bridgehead atoms. The highest BCUT2D eigenvalue weighted by molar-refractivity contribution is 5.75. The number of aliphatic carboxylic acids is 2. The summed E-state index contributed by atoms with van der Waals surface area (Å²) in [7, 11) is 0. The number of hydrogen-bond donors (Lipinski definition) is 2. The Morgan fingerprint density at radius 3 is 2.50 bits per heavy atom. The van der Waals surface area contributed by atoms with Crippen LogP contribution in [0.3, 0.4) is 0 Å². The van der Waals surface area contributed by atoms with Gasteiger partial charge in [-0.15, -0.1) is 0 Å². The van der Waals surface area contributed by atoms with Gasteiger partial charge in [0.15, 0.2) is 0 Å². The first kappa shape index (κ1) is 20.9. The van der Waals surface area contributed by atoms with E-state index in [9.17, 15) is 14.7 Å². The average molecular weight is 387 g/mol. The Kier molecular flexibility index (Phi) is 5.62. The lowest BCUT2D eigenvalue weighted by atomic mass is 9.49. The fourth-order valence-corrected chi connectivity index (χ4v) is 6.02. The first-order chi connectivity index (χ1) is 13.1. The third-order valence-electron chi connectivity index (χ3n) is 7.56. The average Bonchev–Trinajstić information content (AvgIpc) is 2.60. The summed E-state index contributed by atoms with van der Waals surface area (Å²) in [5, 5.41) is 19.0. The van der Waals surface area contributed by atoms with Crippen LogP contribution in [-0.2, 0) is 27.8 Å². The van der Waals surface area contributed by atoms with Crippen molar-refractivity contribution in [2.24, 2.45) is 11.3 Å². The summed E-state index contributed by atoms with van der Waals surface area (Å²) in [6, 6.07) is 4.65. The van der Waals surface area contributed by atoms with E-state index in [1.54, 1.807) is 0 Å². The van der Waals surface area contributed by atoms with E-state index in [2.05, 4.69) is 32.9 Å².